The van der Waals surface area contributed by atoms with Crippen molar-refractivity contribution < 1.29 is 14.3 Å². The topological polar surface area (TPSA) is 58.6 Å². The summed E-state index contributed by atoms with van der Waals surface area (Å²) in [5, 5.41) is 3.38. The summed E-state index contributed by atoms with van der Waals surface area (Å²) in [4.78, 5) is 25.7. The average Bonchev–Trinajstić information content (AvgIpc) is 2.57. The number of fused-ring (bicyclic) bond motifs is 1. The van der Waals surface area contributed by atoms with Gasteiger partial charge in [0.05, 0.1) is 5.69 Å². The lowest BCUT2D eigenvalue weighted by Gasteiger charge is -2.29. The van der Waals surface area contributed by atoms with E-state index in [2.05, 4.69) is 5.32 Å². The number of ether oxygens (including phenoxy) is 1. The smallest absolute Gasteiger partial charge is 0.265 e. The minimum absolute atomic E-state index is 0.0160. The zero-order valence-corrected chi connectivity index (χ0v) is 13.0. The molecule has 0 saturated heterocycles. The van der Waals surface area contributed by atoms with Crippen LogP contribution in [0.1, 0.15) is 10.4 Å². The lowest BCUT2D eigenvalue weighted by Crippen LogP contribution is -2.43. The standard InChI is InChI=1S/C17H15ClN2O3/c18-13-7-5-12(6-8-13)17(22)19-9-10-20-14-3-1-2-4-15(14)23-11-16(20)21/h1-8H,9-11H2,(H,19,22). The maximum atomic E-state index is 12.0. The number of anilines is 1. The van der Waals surface area contributed by atoms with Crippen LogP contribution in [0.2, 0.25) is 5.02 Å². The summed E-state index contributed by atoms with van der Waals surface area (Å²) in [5.41, 5.74) is 1.26. The van der Waals surface area contributed by atoms with Crippen LogP contribution in [0.5, 0.6) is 5.75 Å². The third-order valence-electron chi connectivity index (χ3n) is 3.54. The molecule has 0 saturated carbocycles. The molecule has 1 aliphatic heterocycles. The van der Waals surface area contributed by atoms with Crippen LogP contribution in [-0.4, -0.2) is 31.5 Å². The van der Waals surface area contributed by atoms with Crippen molar-refractivity contribution in [2.24, 2.45) is 0 Å². The van der Waals surface area contributed by atoms with Crippen molar-refractivity contribution in [2.75, 3.05) is 24.6 Å². The van der Waals surface area contributed by atoms with Gasteiger partial charge in [-0.1, -0.05) is 23.7 Å². The summed E-state index contributed by atoms with van der Waals surface area (Å²) in [5.74, 6) is 0.358. The number of carbonyl (C=O) groups is 2. The molecule has 3 rings (SSSR count). The number of carbonyl (C=O) groups excluding carboxylic acids is 2. The Balaban J connectivity index is 1.61. The second-order valence-corrected chi connectivity index (χ2v) is 5.50. The molecule has 1 aliphatic rings. The first-order valence-corrected chi connectivity index (χ1v) is 7.59. The molecule has 0 aliphatic carbocycles. The highest BCUT2D eigenvalue weighted by Crippen LogP contribution is 2.30. The van der Waals surface area contributed by atoms with Crippen molar-refractivity contribution in [1.82, 2.24) is 5.32 Å². The molecule has 1 N–H and O–H groups in total. The summed E-state index contributed by atoms with van der Waals surface area (Å²) >= 11 is 5.80. The molecule has 0 unspecified atom stereocenters. The van der Waals surface area contributed by atoms with Gasteiger partial charge in [-0.15, -0.1) is 0 Å². The summed E-state index contributed by atoms with van der Waals surface area (Å²) in [6.07, 6.45) is 0. The van der Waals surface area contributed by atoms with Gasteiger partial charge in [-0.25, -0.2) is 0 Å². The van der Waals surface area contributed by atoms with Gasteiger partial charge in [0.1, 0.15) is 5.75 Å². The fraction of sp³-hybridized carbons (Fsp3) is 0.176. The Labute approximate surface area is 138 Å². The van der Waals surface area contributed by atoms with E-state index in [9.17, 15) is 9.59 Å². The zero-order valence-electron chi connectivity index (χ0n) is 12.3. The Morgan fingerprint density at radius 1 is 1.17 bits per heavy atom. The van der Waals surface area contributed by atoms with Gasteiger partial charge < -0.3 is 15.0 Å². The van der Waals surface area contributed by atoms with Crippen LogP contribution in [0, 0.1) is 0 Å². The van der Waals surface area contributed by atoms with Crippen LogP contribution < -0.4 is 15.0 Å². The van der Waals surface area contributed by atoms with E-state index < -0.39 is 0 Å². The molecule has 0 atom stereocenters. The van der Waals surface area contributed by atoms with Gasteiger partial charge in [-0.2, -0.15) is 0 Å². The van der Waals surface area contributed by atoms with Gasteiger partial charge in [0.2, 0.25) is 0 Å². The molecule has 2 amide bonds. The number of amides is 2. The van der Waals surface area contributed by atoms with Crippen molar-refractivity contribution >= 4 is 29.1 Å². The molecule has 6 heteroatoms. The first-order valence-electron chi connectivity index (χ1n) is 7.21. The molecule has 0 spiro atoms. The number of benzene rings is 2. The average molecular weight is 331 g/mol. The SMILES string of the molecule is O=C(NCCN1C(=O)COc2ccccc21)c1ccc(Cl)cc1. The molecular weight excluding hydrogens is 316 g/mol. The summed E-state index contributed by atoms with van der Waals surface area (Å²) in [7, 11) is 0. The number of para-hydroxylation sites is 2. The summed E-state index contributed by atoms with van der Waals surface area (Å²) in [6.45, 7) is 0.752. The second kappa shape index (κ2) is 6.71. The largest absolute Gasteiger partial charge is 0.482 e. The Morgan fingerprint density at radius 3 is 2.70 bits per heavy atom. The van der Waals surface area contributed by atoms with Crippen LogP contribution in [0.3, 0.4) is 0 Å². The Kier molecular flexibility index (Phi) is 4.48. The predicted octanol–water partition coefficient (Wildman–Crippen LogP) is 2.50. The van der Waals surface area contributed by atoms with Gasteiger partial charge in [0.25, 0.3) is 11.8 Å². The zero-order chi connectivity index (χ0) is 16.2. The third kappa shape index (κ3) is 3.46. The van der Waals surface area contributed by atoms with Gasteiger partial charge >= 0.3 is 0 Å². The van der Waals surface area contributed by atoms with Crippen LogP contribution in [0.25, 0.3) is 0 Å². The number of hydrogen-bond acceptors (Lipinski definition) is 3. The molecule has 0 radical (unpaired) electrons. The van der Waals surface area contributed by atoms with Crippen molar-refractivity contribution in [1.29, 1.82) is 0 Å². The highest BCUT2D eigenvalue weighted by Gasteiger charge is 2.24. The third-order valence-corrected chi connectivity index (χ3v) is 3.79. The maximum absolute atomic E-state index is 12.0. The van der Waals surface area contributed by atoms with E-state index in [1.165, 1.54) is 0 Å². The van der Waals surface area contributed by atoms with E-state index in [4.69, 9.17) is 16.3 Å². The number of rotatable bonds is 4. The predicted molar refractivity (Wildman–Crippen MR) is 88.1 cm³/mol. The molecule has 118 valence electrons. The highest BCUT2D eigenvalue weighted by atomic mass is 35.5. The first kappa shape index (κ1) is 15.4. The van der Waals surface area contributed by atoms with Crippen LogP contribution in [0.15, 0.2) is 48.5 Å². The maximum Gasteiger partial charge on any atom is 0.265 e. The van der Waals surface area contributed by atoms with Crippen molar-refractivity contribution in [3.63, 3.8) is 0 Å². The van der Waals surface area contributed by atoms with Gasteiger partial charge in [-0.05, 0) is 36.4 Å². The molecule has 1 heterocycles. The van der Waals surface area contributed by atoms with Crippen molar-refractivity contribution in [3.05, 3.63) is 59.1 Å². The molecule has 0 fully saturated rings. The minimum Gasteiger partial charge on any atom is -0.482 e. The highest BCUT2D eigenvalue weighted by molar-refractivity contribution is 6.30. The molecule has 0 aromatic heterocycles. The summed E-state index contributed by atoms with van der Waals surface area (Å²) < 4.78 is 5.38. The lowest BCUT2D eigenvalue weighted by atomic mass is 10.2. The number of hydrogen-bond donors (Lipinski definition) is 1. The minimum atomic E-state index is -0.198. The van der Waals surface area contributed by atoms with Gasteiger partial charge in [0, 0.05) is 23.7 Å². The van der Waals surface area contributed by atoms with Crippen molar-refractivity contribution in [3.8, 4) is 5.75 Å². The van der Waals surface area contributed by atoms with E-state index >= 15 is 0 Å². The molecule has 0 bridgehead atoms. The lowest BCUT2D eigenvalue weighted by molar-refractivity contribution is -0.121. The van der Waals surface area contributed by atoms with Crippen LogP contribution >= 0.6 is 11.6 Å². The normalized spacial score (nSPS) is 13.3. The fourth-order valence-electron chi connectivity index (χ4n) is 2.38. The number of nitrogens with zero attached hydrogens (tertiary/aromatic N) is 1. The van der Waals surface area contributed by atoms with Crippen LogP contribution in [-0.2, 0) is 4.79 Å². The Bertz CT molecular complexity index is 731. The molecule has 5 nitrogen and oxygen atoms in total. The molecular formula is C17H15ClN2O3. The summed E-state index contributed by atoms with van der Waals surface area (Å²) in [6, 6.07) is 14.0. The monoisotopic (exact) mass is 330 g/mol. The molecule has 2 aromatic carbocycles. The van der Waals surface area contributed by atoms with Gasteiger partial charge in [0.15, 0.2) is 6.61 Å². The quantitative estimate of drug-likeness (QED) is 0.937. The Hall–Kier alpha value is -2.53. The van der Waals surface area contributed by atoms with Gasteiger partial charge in [-0.3, -0.25) is 9.59 Å². The fourth-order valence-corrected chi connectivity index (χ4v) is 2.51. The number of nitrogens with one attached hydrogen (secondary N) is 1. The van der Waals surface area contributed by atoms with Crippen LogP contribution in [0.4, 0.5) is 5.69 Å². The van der Waals surface area contributed by atoms with E-state index in [-0.39, 0.29) is 18.4 Å². The van der Waals surface area contributed by atoms with Crippen molar-refractivity contribution in [2.45, 2.75) is 0 Å². The molecule has 2 aromatic rings. The van der Waals surface area contributed by atoms with E-state index in [0.29, 0.717) is 29.4 Å². The first-order chi connectivity index (χ1) is 11.1. The van der Waals surface area contributed by atoms with E-state index in [1.54, 1.807) is 29.2 Å². The number of halogens is 1. The van der Waals surface area contributed by atoms with E-state index in [1.807, 2.05) is 24.3 Å². The molecule has 23 heavy (non-hydrogen) atoms. The second-order valence-electron chi connectivity index (χ2n) is 5.06. The Morgan fingerprint density at radius 2 is 1.91 bits per heavy atom. The van der Waals surface area contributed by atoms with E-state index in [0.717, 1.165) is 5.69 Å².